The monoisotopic (exact) mass is 253 g/mol. The molecule has 1 N–H and O–H groups in total. The lowest BCUT2D eigenvalue weighted by Gasteiger charge is -2.05. The Hall–Kier alpha value is -0.920. The number of aromatic amines is 1. The predicted molar refractivity (Wildman–Crippen MR) is 71.5 cm³/mol. The second-order valence-electron chi connectivity index (χ2n) is 4.07. The third kappa shape index (κ3) is 2.11. The van der Waals surface area contributed by atoms with Crippen LogP contribution in [0.15, 0.2) is 30.0 Å². The van der Waals surface area contributed by atoms with Gasteiger partial charge in [0, 0.05) is 16.6 Å². The SMILES string of the molecule is CC(C)=CCc1c(Cl)cc(Cl)c2cc[nH]c12. The van der Waals surface area contributed by atoms with Crippen molar-refractivity contribution in [3.8, 4) is 0 Å². The Morgan fingerprint density at radius 2 is 2.06 bits per heavy atom. The van der Waals surface area contributed by atoms with E-state index in [-0.39, 0.29) is 0 Å². The van der Waals surface area contributed by atoms with E-state index in [1.165, 1.54) is 5.57 Å². The van der Waals surface area contributed by atoms with Crippen LogP contribution in [-0.2, 0) is 6.42 Å². The number of hydrogen-bond acceptors (Lipinski definition) is 0. The van der Waals surface area contributed by atoms with Gasteiger partial charge < -0.3 is 4.98 Å². The first-order chi connectivity index (χ1) is 7.59. The van der Waals surface area contributed by atoms with Crippen molar-refractivity contribution in [2.75, 3.05) is 0 Å². The molecule has 0 bridgehead atoms. The summed E-state index contributed by atoms with van der Waals surface area (Å²) in [5, 5.41) is 2.45. The van der Waals surface area contributed by atoms with E-state index >= 15 is 0 Å². The lowest BCUT2D eigenvalue weighted by molar-refractivity contribution is 1.22. The Balaban J connectivity index is 2.59. The lowest BCUT2D eigenvalue weighted by Crippen LogP contribution is -1.87. The van der Waals surface area contributed by atoms with Gasteiger partial charge in [0.25, 0.3) is 0 Å². The largest absolute Gasteiger partial charge is 0.361 e. The second kappa shape index (κ2) is 4.52. The number of rotatable bonds is 2. The number of fused-ring (bicyclic) bond motifs is 1. The molecule has 0 amide bonds. The summed E-state index contributed by atoms with van der Waals surface area (Å²) in [5.41, 5.74) is 3.42. The molecule has 1 aromatic heterocycles. The number of allylic oxidation sites excluding steroid dienone is 2. The molecule has 1 aromatic carbocycles. The molecule has 0 atom stereocenters. The first-order valence-corrected chi connectivity index (χ1v) is 5.92. The van der Waals surface area contributed by atoms with Gasteiger partial charge >= 0.3 is 0 Å². The van der Waals surface area contributed by atoms with Crippen LogP contribution in [0.2, 0.25) is 10.0 Å². The molecule has 2 rings (SSSR count). The minimum atomic E-state index is 0.696. The van der Waals surface area contributed by atoms with E-state index < -0.39 is 0 Å². The fourth-order valence-electron chi connectivity index (χ4n) is 1.72. The molecule has 0 fully saturated rings. The Morgan fingerprint density at radius 3 is 2.75 bits per heavy atom. The first kappa shape index (κ1) is 11.6. The zero-order valence-corrected chi connectivity index (χ0v) is 10.8. The van der Waals surface area contributed by atoms with Gasteiger partial charge in [-0.1, -0.05) is 34.9 Å². The van der Waals surface area contributed by atoms with Gasteiger partial charge in [-0.05, 0) is 38.0 Å². The molecule has 3 heteroatoms. The molecule has 0 aliphatic rings. The average molecular weight is 254 g/mol. The van der Waals surface area contributed by atoms with E-state index in [0.29, 0.717) is 5.02 Å². The molecule has 1 heterocycles. The normalized spacial score (nSPS) is 10.8. The highest BCUT2D eigenvalue weighted by atomic mass is 35.5. The molecule has 0 aliphatic heterocycles. The van der Waals surface area contributed by atoms with Gasteiger partial charge in [-0.2, -0.15) is 0 Å². The fourth-order valence-corrected chi connectivity index (χ4v) is 2.32. The van der Waals surface area contributed by atoms with Crippen molar-refractivity contribution in [3.63, 3.8) is 0 Å². The van der Waals surface area contributed by atoms with E-state index in [1.54, 1.807) is 0 Å². The highest BCUT2D eigenvalue weighted by Crippen LogP contribution is 2.32. The summed E-state index contributed by atoms with van der Waals surface area (Å²) in [7, 11) is 0. The molecule has 16 heavy (non-hydrogen) atoms. The summed E-state index contributed by atoms with van der Waals surface area (Å²) in [6, 6.07) is 3.79. The molecular weight excluding hydrogens is 241 g/mol. The first-order valence-electron chi connectivity index (χ1n) is 5.17. The van der Waals surface area contributed by atoms with Crippen LogP contribution in [0.25, 0.3) is 10.9 Å². The number of H-pyrrole nitrogens is 1. The Morgan fingerprint density at radius 1 is 1.31 bits per heavy atom. The lowest BCUT2D eigenvalue weighted by atomic mass is 10.1. The van der Waals surface area contributed by atoms with E-state index in [0.717, 1.165) is 27.9 Å². The van der Waals surface area contributed by atoms with Crippen LogP contribution in [0.1, 0.15) is 19.4 Å². The summed E-state index contributed by atoms with van der Waals surface area (Å²) in [5.74, 6) is 0. The predicted octanol–water partition coefficient (Wildman–Crippen LogP) is 4.98. The van der Waals surface area contributed by atoms with Crippen LogP contribution in [0, 0.1) is 0 Å². The quantitative estimate of drug-likeness (QED) is 0.727. The zero-order chi connectivity index (χ0) is 11.7. The molecule has 0 unspecified atom stereocenters. The van der Waals surface area contributed by atoms with Crippen LogP contribution >= 0.6 is 23.2 Å². The van der Waals surface area contributed by atoms with Crippen molar-refractivity contribution in [1.29, 1.82) is 0 Å². The van der Waals surface area contributed by atoms with Crippen LogP contribution in [-0.4, -0.2) is 4.98 Å². The number of benzene rings is 1. The van der Waals surface area contributed by atoms with Crippen LogP contribution < -0.4 is 0 Å². The van der Waals surface area contributed by atoms with Crippen LogP contribution in [0.4, 0.5) is 0 Å². The van der Waals surface area contributed by atoms with Gasteiger partial charge in [-0.3, -0.25) is 0 Å². The number of hydrogen-bond donors (Lipinski definition) is 1. The van der Waals surface area contributed by atoms with Crippen LogP contribution in [0.3, 0.4) is 0 Å². The molecule has 84 valence electrons. The van der Waals surface area contributed by atoms with Crippen molar-refractivity contribution in [1.82, 2.24) is 4.98 Å². The highest BCUT2D eigenvalue weighted by molar-refractivity contribution is 6.39. The van der Waals surface area contributed by atoms with Gasteiger partial charge in [0.1, 0.15) is 0 Å². The standard InChI is InChI=1S/C13H13Cl2N/c1-8(2)3-4-9-11(14)7-12(15)10-5-6-16-13(9)10/h3,5-7,16H,4H2,1-2H3. The number of halogens is 2. The summed E-state index contributed by atoms with van der Waals surface area (Å²) >= 11 is 12.3. The van der Waals surface area contributed by atoms with E-state index in [4.69, 9.17) is 23.2 Å². The van der Waals surface area contributed by atoms with Crippen LogP contribution in [0.5, 0.6) is 0 Å². The van der Waals surface area contributed by atoms with E-state index in [2.05, 4.69) is 24.9 Å². The summed E-state index contributed by atoms with van der Waals surface area (Å²) in [4.78, 5) is 3.20. The minimum absolute atomic E-state index is 0.696. The van der Waals surface area contributed by atoms with Crippen molar-refractivity contribution in [3.05, 3.63) is 45.6 Å². The molecule has 1 nitrogen and oxygen atoms in total. The van der Waals surface area contributed by atoms with Crippen molar-refractivity contribution >= 4 is 34.1 Å². The third-order valence-electron chi connectivity index (χ3n) is 2.56. The average Bonchev–Trinajstić information content (AvgIpc) is 2.65. The smallest absolute Gasteiger partial charge is 0.0519 e. The Bertz CT molecular complexity index is 548. The molecule has 0 spiro atoms. The van der Waals surface area contributed by atoms with Gasteiger partial charge in [-0.25, -0.2) is 0 Å². The minimum Gasteiger partial charge on any atom is -0.361 e. The maximum Gasteiger partial charge on any atom is 0.0519 e. The summed E-state index contributed by atoms with van der Waals surface area (Å²) < 4.78 is 0. The van der Waals surface area contributed by atoms with E-state index in [1.807, 2.05) is 18.3 Å². The van der Waals surface area contributed by atoms with Gasteiger partial charge in [-0.15, -0.1) is 0 Å². The Kier molecular flexibility index (Phi) is 3.27. The van der Waals surface area contributed by atoms with Crippen molar-refractivity contribution in [2.24, 2.45) is 0 Å². The topological polar surface area (TPSA) is 15.8 Å². The molecule has 0 radical (unpaired) electrons. The highest BCUT2D eigenvalue weighted by Gasteiger charge is 2.09. The summed E-state index contributed by atoms with van der Waals surface area (Å²) in [6.45, 7) is 4.16. The maximum atomic E-state index is 6.22. The zero-order valence-electron chi connectivity index (χ0n) is 9.27. The maximum absolute atomic E-state index is 6.22. The van der Waals surface area contributed by atoms with Crippen molar-refractivity contribution in [2.45, 2.75) is 20.3 Å². The van der Waals surface area contributed by atoms with Crippen molar-refractivity contribution < 1.29 is 0 Å². The second-order valence-corrected chi connectivity index (χ2v) is 4.89. The summed E-state index contributed by atoms with van der Waals surface area (Å²) in [6.07, 6.45) is 4.88. The molecule has 0 saturated heterocycles. The van der Waals surface area contributed by atoms with Gasteiger partial charge in [0.15, 0.2) is 0 Å². The Labute approximate surface area is 105 Å². The molecular formula is C13H13Cl2N. The third-order valence-corrected chi connectivity index (χ3v) is 3.21. The molecule has 2 aromatic rings. The van der Waals surface area contributed by atoms with Gasteiger partial charge in [0.05, 0.1) is 10.5 Å². The molecule has 0 saturated carbocycles. The van der Waals surface area contributed by atoms with E-state index in [9.17, 15) is 0 Å². The molecule has 0 aliphatic carbocycles. The number of nitrogens with one attached hydrogen (secondary N) is 1. The fraction of sp³-hybridized carbons (Fsp3) is 0.231. The van der Waals surface area contributed by atoms with Gasteiger partial charge in [0.2, 0.25) is 0 Å². The number of aromatic nitrogens is 1.